The topological polar surface area (TPSA) is 66.5 Å². The SMILES string of the molecule is CC(Sc1ccc(S(C)(=O)=O)cc1)C(=O)N1CCNCC1. The molecule has 1 amide bonds. The van der Waals surface area contributed by atoms with Crippen LogP contribution in [-0.4, -0.2) is 56.9 Å². The highest BCUT2D eigenvalue weighted by Crippen LogP contribution is 2.25. The van der Waals surface area contributed by atoms with Crippen LogP contribution in [0.25, 0.3) is 0 Å². The Morgan fingerprint density at radius 1 is 1.24 bits per heavy atom. The molecule has 1 atom stereocenters. The maximum absolute atomic E-state index is 12.3. The molecule has 0 aromatic heterocycles. The van der Waals surface area contributed by atoms with Crippen LogP contribution in [0.1, 0.15) is 6.92 Å². The van der Waals surface area contributed by atoms with Crippen molar-refractivity contribution in [2.24, 2.45) is 0 Å². The second-order valence-electron chi connectivity index (χ2n) is 5.08. The van der Waals surface area contributed by atoms with Crippen LogP contribution in [-0.2, 0) is 14.6 Å². The molecular weight excluding hydrogens is 308 g/mol. The molecule has 1 N–H and O–H groups in total. The van der Waals surface area contributed by atoms with Crippen molar-refractivity contribution in [3.8, 4) is 0 Å². The molecule has 0 radical (unpaired) electrons. The number of sulfone groups is 1. The fourth-order valence-electron chi connectivity index (χ4n) is 2.16. The molecule has 1 aromatic carbocycles. The van der Waals surface area contributed by atoms with E-state index in [2.05, 4.69) is 5.32 Å². The molecule has 0 aliphatic carbocycles. The summed E-state index contributed by atoms with van der Waals surface area (Å²) in [7, 11) is -3.17. The van der Waals surface area contributed by atoms with Crippen LogP contribution >= 0.6 is 11.8 Å². The Labute approximate surface area is 130 Å². The molecule has 0 bridgehead atoms. The summed E-state index contributed by atoms with van der Waals surface area (Å²) in [5.74, 6) is 0.133. The van der Waals surface area contributed by atoms with Gasteiger partial charge in [0, 0.05) is 37.3 Å². The van der Waals surface area contributed by atoms with Crippen LogP contribution in [0.3, 0.4) is 0 Å². The number of thioether (sulfide) groups is 1. The van der Waals surface area contributed by atoms with Gasteiger partial charge in [0.25, 0.3) is 0 Å². The summed E-state index contributed by atoms with van der Waals surface area (Å²) in [6.45, 7) is 5.06. The van der Waals surface area contributed by atoms with Gasteiger partial charge < -0.3 is 10.2 Å². The van der Waals surface area contributed by atoms with E-state index in [4.69, 9.17) is 0 Å². The second-order valence-corrected chi connectivity index (χ2v) is 8.51. The number of benzene rings is 1. The van der Waals surface area contributed by atoms with Crippen molar-refractivity contribution in [2.75, 3.05) is 32.4 Å². The molecule has 7 heteroatoms. The number of piperazine rings is 1. The number of nitrogens with one attached hydrogen (secondary N) is 1. The van der Waals surface area contributed by atoms with Crippen LogP contribution in [0.4, 0.5) is 0 Å². The van der Waals surface area contributed by atoms with E-state index in [1.807, 2.05) is 11.8 Å². The first-order chi connectivity index (χ1) is 9.88. The van der Waals surface area contributed by atoms with Gasteiger partial charge in [-0.15, -0.1) is 11.8 Å². The predicted molar refractivity (Wildman–Crippen MR) is 84.3 cm³/mol. The van der Waals surface area contributed by atoms with Gasteiger partial charge in [0.15, 0.2) is 9.84 Å². The molecule has 1 aromatic rings. The molecule has 21 heavy (non-hydrogen) atoms. The van der Waals surface area contributed by atoms with Crippen LogP contribution in [0.5, 0.6) is 0 Å². The Morgan fingerprint density at radius 2 is 1.81 bits per heavy atom. The molecule has 1 saturated heterocycles. The maximum atomic E-state index is 12.3. The minimum Gasteiger partial charge on any atom is -0.339 e. The zero-order chi connectivity index (χ0) is 15.5. The van der Waals surface area contributed by atoms with E-state index in [-0.39, 0.29) is 11.2 Å². The van der Waals surface area contributed by atoms with E-state index in [1.165, 1.54) is 18.0 Å². The van der Waals surface area contributed by atoms with Crippen molar-refractivity contribution in [2.45, 2.75) is 22.0 Å². The van der Waals surface area contributed by atoms with Crippen LogP contribution in [0.2, 0.25) is 0 Å². The Hall–Kier alpha value is -1.05. The molecule has 0 saturated carbocycles. The van der Waals surface area contributed by atoms with Gasteiger partial charge in [0.1, 0.15) is 0 Å². The zero-order valence-electron chi connectivity index (χ0n) is 12.2. The molecule has 5 nitrogen and oxygen atoms in total. The van der Waals surface area contributed by atoms with Crippen LogP contribution < -0.4 is 5.32 Å². The Bertz CT molecular complexity index is 593. The fraction of sp³-hybridized carbons (Fsp3) is 0.500. The zero-order valence-corrected chi connectivity index (χ0v) is 13.8. The largest absolute Gasteiger partial charge is 0.339 e. The van der Waals surface area contributed by atoms with Gasteiger partial charge in [0.2, 0.25) is 5.91 Å². The number of carbonyl (C=O) groups excluding carboxylic acids is 1. The number of amides is 1. The van der Waals surface area contributed by atoms with Crippen LogP contribution in [0, 0.1) is 0 Å². The Morgan fingerprint density at radius 3 is 2.33 bits per heavy atom. The minimum absolute atomic E-state index is 0.133. The summed E-state index contributed by atoms with van der Waals surface area (Å²) in [5.41, 5.74) is 0. The quantitative estimate of drug-likeness (QED) is 0.836. The van der Waals surface area contributed by atoms with E-state index in [0.717, 1.165) is 31.1 Å². The van der Waals surface area contributed by atoms with E-state index in [9.17, 15) is 13.2 Å². The van der Waals surface area contributed by atoms with Gasteiger partial charge in [0.05, 0.1) is 10.1 Å². The highest BCUT2D eigenvalue weighted by molar-refractivity contribution is 8.00. The normalized spacial score (nSPS) is 17.5. The molecular formula is C14H20N2O3S2. The first-order valence-electron chi connectivity index (χ1n) is 6.84. The summed E-state index contributed by atoms with van der Waals surface area (Å²) in [6, 6.07) is 6.67. The number of rotatable bonds is 4. The van der Waals surface area contributed by atoms with Gasteiger partial charge in [-0.05, 0) is 31.2 Å². The van der Waals surface area contributed by atoms with Crippen molar-refractivity contribution in [1.82, 2.24) is 10.2 Å². The van der Waals surface area contributed by atoms with Crippen molar-refractivity contribution in [1.29, 1.82) is 0 Å². The molecule has 1 heterocycles. The molecule has 1 aliphatic heterocycles. The van der Waals surface area contributed by atoms with Gasteiger partial charge >= 0.3 is 0 Å². The van der Waals surface area contributed by atoms with E-state index >= 15 is 0 Å². The van der Waals surface area contributed by atoms with Gasteiger partial charge in [-0.2, -0.15) is 0 Å². The summed E-state index contributed by atoms with van der Waals surface area (Å²) in [5, 5.41) is 3.05. The highest BCUT2D eigenvalue weighted by atomic mass is 32.2. The average molecular weight is 328 g/mol. The average Bonchev–Trinajstić information content (AvgIpc) is 2.47. The molecule has 1 fully saturated rings. The van der Waals surface area contributed by atoms with E-state index < -0.39 is 9.84 Å². The van der Waals surface area contributed by atoms with Crippen molar-refractivity contribution in [3.05, 3.63) is 24.3 Å². The maximum Gasteiger partial charge on any atom is 0.235 e. The monoisotopic (exact) mass is 328 g/mol. The summed E-state index contributed by atoms with van der Waals surface area (Å²) in [4.78, 5) is 15.4. The fourth-order valence-corrected chi connectivity index (χ4v) is 3.74. The van der Waals surface area contributed by atoms with E-state index in [1.54, 1.807) is 24.3 Å². The number of hydrogen-bond donors (Lipinski definition) is 1. The highest BCUT2D eigenvalue weighted by Gasteiger charge is 2.22. The molecule has 2 rings (SSSR count). The van der Waals surface area contributed by atoms with Gasteiger partial charge in [-0.25, -0.2) is 8.42 Å². The van der Waals surface area contributed by atoms with Crippen molar-refractivity contribution >= 4 is 27.5 Å². The van der Waals surface area contributed by atoms with Gasteiger partial charge in [-0.3, -0.25) is 4.79 Å². The third-order valence-electron chi connectivity index (χ3n) is 3.34. The van der Waals surface area contributed by atoms with Gasteiger partial charge in [-0.1, -0.05) is 0 Å². The molecule has 1 aliphatic rings. The molecule has 116 valence electrons. The predicted octanol–water partition coefficient (Wildman–Crippen LogP) is 1.00. The lowest BCUT2D eigenvalue weighted by Gasteiger charge is -2.29. The standard InChI is InChI=1S/C14H20N2O3S2/c1-11(14(17)16-9-7-15-8-10-16)20-12-3-5-13(6-4-12)21(2,18)19/h3-6,11,15H,7-10H2,1-2H3. The lowest BCUT2D eigenvalue weighted by atomic mass is 10.3. The van der Waals surface area contributed by atoms with Crippen LogP contribution in [0.15, 0.2) is 34.1 Å². The smallest absolute Gasteiger partial charge is 0.235 e. The first-order valence-corrected chi connectivity index (χ1v) is 9.61. The Kier molecular flexibility index (Phi) is 5.29. The minimum atomic E-state index is -3.17. The number of nitrogens with zero attached hydrogens (tertiary/aromatic N) is 1. The molecule has 1 unspecified atom stereocenters. The lowest BCUT2D eigenvalue weighted by Crippen LogP contribution is -2.48. The number of carbonyl (C=O) groups is 1. The second kappa shape index (κ2) is 6.81. The molecule has 0 spiro atoms. The van der Waals surface area contributed by atoms with Crippen molar-refractivity contribution < 1.29 is 13.2 Å². The Balaban J connectivity index is 1.98. The summed E-state index contributed by atoms with van der Waals surface area (Å²) in [6.07, 6.45) is 1.19. The van der Waals surface area contributed by atoms with E-state index in [0.29, 0.717) is 4.90 Å². The third-order valence-corrected chi connectivity index (χ3v) is 5.57. The lowest BCUT2D eigenvalue weighted by molar-refractivity contribution is -0.130. The summed E-state index contributed by atoms with van der Waals surface area (Å²) >= 11 is 1.46. The van der Waals surface area contributed by atoms with Crippen molar-refractivity contribution in [3.63, 3.8) is 0 Å². The summed E-state index contributed by atoms with van der Waals surface area (Å²) < 4.78 is 22.8. The first kappa shape index (κ1) is 16.3. The third kappa shape index (κ3) is 4.46. The number of hydrogen-bond acceptors (Lipinski definition) is 5.